The van der Waals surface area contributed by atoms with Crippen molar-refractivity contribution in [3.63, 3.8) is 0 Å². The lowest BCUT2D eigenvalue weighted by molar-refractivity contribution is -0.116. The summed E-state index contributed by atoms with van der Waals surface area (Å²) in [4.78, 5) is 33.4. The number of pyridine rings is 2. The molecule has 5 rings (SSSR count). The smallest absolute Gasteiger partial charge is 0.232 e. The number of methoxy groups -OCH3 is 2. The van der Waals surface area contributed by atoms with Crippen molar-refractivity contribution < 1.29 is 19.1 Å². The standard InChI is InChI=1S/C26H28N8O4S2/c1-37-19-6-8-27-17(11-19)13-21(35)29-25-33-31-23(39-25)15-4-3-5-16(10-15)24-32-34-26(40-24)30-22(36)14-18-12-20(38-2)7-9-28-18/h6-9,11-12,15-16H,3-5,10,13-14H2,1-2H3,(H,29,33,35)(H,30,34,36). The summed E-state index contributed by atoms with van der Waals surface area (Å²) < 4.78 is 10.4. The Hall–Kier alpha value is -4.04. The molecule has 4 aromatic rings. The van der Waals surface area contributed by atoms with Crippen molar-refractivity contribution in [2.24, 2.45) is 0 Å². The number of aromatic nitrogens is 6. The molecule has 14 heteroatoms. The minimum atomic E-state index is -0.212. The summed E-state index contributed by atoms with van der Waals surface area (Å²) in [6.07, 6.45) is 7.30. The molecule has 1 saturated carbocycles. The Morgan fingerprint density at radius 3 is 1.73 bits per heavy atom. The van der Waals surface area contributed by atoms with Gasteiger partial charge in [0.15, 0.2) is 0 Å². The number of amides is 2. The Labute approximate surface area is 238 Å². The molecule has 0 aliphatic heterocycles. The van der Waals surface area contributed by atoms with E-state index in [-0.39, 0.29) is 36.5 Å². The number of rotatable bonds is 10. The largest absolute Gasteiger partial charge is 0.497 e. The van der Waals surface area contributed by atoms with Crippen LogP contribution in [-0.4, -0.2) is 56.4 Å². The van der Waals surface area contributed by atoms with Crippen molar-refractivity contribution in [3.8, 4) is 11.5 Å². The highest BCUT2D eigenvalue weighted by Crippen LogP contribution is 2.43. The zero-order valence-electron chi connectivity index (χ0n) is 22.0. The first kappa shape index (κ1) is 27.5. The van der Waals surface area contributed by atoms with Crippen molar-refractivity contribution in [2.45, 2.75) is 50.4 Å². The molecular weight excluding hydrogens is 552 g/mol. The van der Waals surface area contributed by atoms with Gasteiger partial charge in [-0.25, -0.2) is 0 Å². The van der Waals surface area contributed by atoms with Crippen LogP contribution in [0.3, 0.4) is 0 Å². The second-order valence-corrected chi connectivity index (χ2v) is 11.3. The van der Waals surface area contributed by atoms with Gasteiger partial charge in [-0.05, 0) is 31.4 Å². The van der Waals surface area contributed by atoms with E-state index in [0.29, 0.717) is 33.1 Å². The van der Waals surface area contributed by atoms with E-state index in [1.54, 1.807) is 50.9 Å². The van der Waals surface area contributed by atoms with Crippen LogP contribution in [0.15, 0.2) is 36.7 Å². The Morgan fingerprint density at radius 2 is 1.27 bits per heavy atom. The average molecular weight is 581 g/mol. The number of carbonyl (C=O) groups excluding carboxylic acids is 2. The van der Waals surface area contributed by atoms with E-state index in [4.69, 9.17) is 9.47 Å². The maximum atomic E-state index is 12.5. The van der Waals surface area contributed by atoms with Gasteiger partial charge in [0.2, 0.25) is 22.1 Å². The Kier molecular flexibility index (Phi) is 8.86. The lowest BCUT2D eigenvalue weighted by atomic mass is 9.82. The predicted octanol–water partition coefficient (Wildman–Crippen LogP) is 4.00. The Bertz CT molecular complexity index is 1370. The quantitative estimate of drug-likeness (QED) is 0.281. The van der Waals surface area contributed by atoms with Gasteiger partial charge in [-0.15, -0.1) is 20.4 Å². The highest BCUT2D eigenvalue weighted by Gasteiger charge is 2.29. The predicted molar refractivity (Wildman–Crippen MR) is 150 cm³/mol. The zero-order valence-corrected chi connectivity index (χ0v) is 23.6. The van der Waals surface area contributed by atoms with E-state index in [0.717, 1.165) is 35.7 Å². The highest BCUT2D eigenvalue weighted by atomic mass is 32.1. The summed E-state index contributed by atoms with van der Waals surface area (Å²) in [6.45, 7) is 0. The van der Waals surface area contributed by atoms with Gasteiger partial charge in [0.1, 0.15) is 21.5 Å². The fourth-order valence-corrected chi connectivity index (χ4v) is 6.37. The molecule has 4 aromatic heterocycles. The van der Waals surface area contributed by atoms with E-state index in [9.17, 15) is 9.59 Å². The van der Waals surface area contributed by atoms with Crippen LogP contribution < -0.4 is 20.1 Å². The molecule has 40 heavy (non-hydrogen) atoms. The molecule has 0 saturated heterocycles. The number of carbonyl (C=O) groups is 2. The van der Waals surface area contributed by atoms with E-state index < -0.39 is 0 Å². The molecule has 0 bridgehead atoms. The van der Waals surface area contributed by atoms with E-state index in [1.807, 2.05) is 0 Å². The van der Waals surface area contributed by atoms with Crippen LogP contribution in [0.1, 0.15) is 58.9 Å². The molecule has 2 atom stereocenters. The SMILES string of the molecule is COc1ccnc(CC(=O)Nc2nnc(C3CCCC(c4nnc(NC(=O)Cc5cc(OC)ccn5)s4)C3)s2)c1. The van der Waals surface area contributed by atoms with Crippen molar-refractivity contribution in [1.82, 2.24) is 30.4 Å². The maximum Gasteiger partial charge on any atom is 0.232 e. The van der Waals surface area contributed by atoms with Crippen molar-refractivity contribution in [1.29, 1.82) is 0 Å². The Morgan fingerprint density at radius 1 is 0.800 bits per heavy atom. The molecule has 1 aliphatic rings. The lowest BCUT2D eigenvalue weighted by Gasteiger charge is -2.25. The normalized spacial score (nSPS) is 16.8. The van der Waals surface area contributed by atoms with Gasteiger partial charge < -0.3 is 20.1 Å². The van der Waals surface area contributed by atoms with Gasteiger partial charge in [-0.1, -0.05) is 29.1 Å². The topological polar surface area (TPSA) is 154 Å². The van der Waals surface area contributed by atoms with Gasteiger partial charge in [0, 0.05) is 36.4 Å². The third-order valence-corrected chi connectivity index (χ3v) is 8.48. The van der Waals surface area contributed by atoms with E-state index >= 15 is 0 Å². The first-order chi connectivity index (χ1) is 19.5. The summed E-state index contributed by atoms with van der Waals surface area (Å²) in [6, 6.07) is 6.93. The van der Waals surface area contributed by atoms with Crippen LogP contribution in [0.25, 0.3) is 0 Å². The minimum Gasteiger partial charge on any atom is -0.497 e. The van der Waals surface area contributed by atoms with Crippen LogP contribution >= 0.6 is 22.7 Å². The van der Waals surface area contributed by atoms with Crippen LogP contribution in [0.4, 0.5) is 10.3 Å². The molecule has 4 heterocycles. The summed E-state index contributed by atoms with van der Waals surface area (Å²) in [5.74, 6) is 1.30. The molecule has 2 amide bonds. The number of hydrogen-bond donors (Lipinski definition) is 2. The van der Waals surface area contributed by atoms with Crippen LogP contribution in [0, 0.1) is 0 Å². The number of nitrogens with zero attached hydrogens (tertiary/aromatic N) is 6. The van der Waals surface area contributed by atoms with Gasteiger partial charge in [-0.3, -0.25) is 19.6 Å². The number of anilines is 2. The molecular formula is C26H28N8O4S2. The summed E-state index contributed by atoms with van der Waals surface area (Å²) in [7, 11) is 3.14. The van der Waals surface area contributed by atoms with E-state index in [2.05, 4.69) is 41.0 Å². The monoisotopic (exact) mass is 580 g/mol. The maximum absolute atomic E-state index is 12.5. The number of ether oxygens (including phenoxy) is 2. The summed E-state index contributed by atoms with van der Waals surface area (Å²) in [5, 5.41) is 25.5. The van der Waals surface area contributed by atoms with Crippen LogP contribution in [0.2, 0.25) is 0 Å². The molecule has 208 valence electrons. The molecule has 1 fully saturated rings. The summed E-state index contributed by atoms with van der Waals surface area (Å²) in [5.41, 5.74) is 1.22. The van der Waals surface area contributed by atoms with Gasteiger partial charge in [0.05, 0.1) is 38.4 Å². The highest BCUT2D eigenvalue weighted by molar-refractivity contribution is 7.15. The molecule has 0 aromatic carbocycles. The van der Waals surface area contributed by atoms with Crippen LogP contribution in [-0.2, 0) is 22.4 Å². The van der Waals surface area contributed by atoms with Crippen molar-refractivity contribution >= 4 is 44.8 Å². The fourth-order valence-electron chi connectivity index (χ4n) is 4.55. The number of hydrogen-bond acceptors (Lipinski definition) is 12. The van der Waals surface area contributed by atoms with Crippen LogP contribution in [0.5, 0.6) is 11.5 Å². The molecule has 2 unspecified atom stereocenters. The first-order valence-corrected chi connectivity index (χ1v) is 14.4. The van der Waals surface area contributed by atoms with Gasteiger partial charge >= 0.3 is 0 Å². The average Bonchev–Trinajstić information content (AvgIpc) is 3.63. The first-order valence-electron chi connectivity index (χ1n) is 12.7. The fraction of sp³-hybridized carbons (Fsp3) is 0.385. The number of nitrogens with one attached hydrogen (secondary N) is 2. The zero-order chi connectivity index (χ0) is 27.9. The Balaban J connectivity index is 1.14. The van der Waals surface area contributed by atoms with Gasteiger partial charge in [0.25, 0.3) is 0 Å². The lowest BCUT2D eigenvalue weighted by Crippen LogP contribution is -2.15. The van der Waals surface area contributed by atoms with Crippen molar-refractivity contribution in [2.75, 3.05) is 24.9 Å². The molecule has 1 aliphatic carbocycles. The molecule has 0 radical (unpaired) electrons. The molecule has 12 nitrogen and oxygen atoms in total. The van der Waals surface area contributed by atoms with Crippen molar-refractivity contribution in [3.05, 3.63) is 58.1 Å². The second kappa shape index (κ2) is 12.9. The molecule has 0 spiro atoms. The minimum absolute atomic E-state index is 0.115. The summed E-state index contributed by atoms with van der Waals surface area (Å²) >= 11 is 2.79. The third-order valence-electron chi connectivity index (χ3n) is 6.48. The van der Waals surface area contributed by atoms with E-state index in [1.165, 1.54) is 22.7 Å². The third kappa shape index (κ3) is 7.12. The van der Waals surface area contributed by atoms with Gasteiger partial charge in [-0.2, -0.15) is 0 Å². The molecule has 2 N–H and O–H groups in total. The second-order valence-electron chi connectivity index (χ2n) is 9.28.